The second-order valence-electron chi connectivity index (χ2n) is 7.46. The lowest BCUT2D eigenvalue weighted by Crippen LogP contribution is -2.49. The number of imidazole rings is 1. The minimum absolute atomic E-state index is 0.264. The van der Waals surface area contributed by atoms with Gasteiger partial charge in [-0.15, -0.1) is 0 Å². The van der Waals surface area contributed by atoms with Gasteiger partial charge in [0, 0.05) is 38.9 Å². The van der Waals surface area contributed by atoms with Crippen molar-refractivity contribution in [2.45, 2.75) is 39.8 Å². The van der Waals surface area contributed by atoms with E-state index >= 15 is 0 Å². The van der Waals surface area contributed by atoms with Gasteiger partial charge in [0.2, 0.25) is 0 Å². The summed E-state index contributed by atoms with van der Waals surface area (Å²) in [6, 6.07) is 3.11. The molecule has 3 heterocycles. The van der Waals surface area contributed by atoms with E-state index in [0.29, 0.717) is 19.6 Å². The number of pyridine rings is 1. The van der Waals surface area contributed by atoms with E-state index in [2.05, 4.69) is 9.88 Å². The van der Waals surface area contributed by atoms with Crippen molar-refractivity contribution in [2.24, 2.45) is 0 Å². The number of ether oxygens (including phenoxy) is 1. The Kier molecular flexibility index (Phi) is 4.69. The highest BCUT2D eigenvalue weighted by molar-refractivity contribution is 5.68. The monoisotopic (exact) mass is 348 g/mol. The molecule has 0 spiro atoms. The zero-order valence-electron chi connectivity index (χ0n) is 15.3. The normalized spacial score (nSPS) is 16.4. The molecule has 7 heteroatoms. The van der Waals surface area contributed by atoms with Crippen molar-refractivity contribution in [3.05, 3.63) is 35.5 Å². The Hall–Kier alpha value is -2.15. The Morgan fingerprint density at radius 3 is 2.56 bits per heavy atom. The van der Waals surface area contributed by atoms with E-state index in [9.17, 15) is 9.18 Å². The molecule has 3 rings (SSSR count). The summed E-state index contributed by atoms with van der Waals surface area (Å²) in [6.07, 6.45) is 1.21. The highest BCUT2D eigenvalue weighted by Gasteiger charge is 2.26. The molecule has 0 N–H and O–H groups in total. The quantitative estimate of drug-likeness (QED) is 0.837. The van der Waals surface area contributed by atoms with E-state index in [1.807, 2.05) is 32.1 Å². The molecule has 0 bridgehead atoms. The largest absolute Gasteiger partial charge is 0.444 e. The maximum atomic E-state index is 13.6. The predicted molar refractivity (Wildman–Crippen MR) is 93.0 cm³/mol. The number of rotatable bonds is 2. The minimum atomic E-state index is -0.480. The average Bonchev–Trinajstić information content (AvgIpc) is 2.82. The first-order chi connectivity index (χ1) is 11.7. The zero-order valence-corrected chi connectivity index (χ0v) is 15.3. The lowest BCUT2D eigenvalue weighted by molar-refractivity contribution is 0.0137. The number of amides is 1. The van der Waals surface area contributed by atoms with Gasteiger partial charge in [-0.25, -0.2) is 14.2 Å². The smallest absolute Gasteiger partial charge is 0.410 e. The van der Waals surface area contributed by atoms with Crippen LogP contribution in [0.2, 0.25) is 0 Å². The molecule has 0 unspecified atom stereocenters. The Morgan fingerprint density at radius 2 is 1.92 bits per heavy atom. The number of piperazine rings is 1. The van der Waals surface area contributed by atoms with Crippen LogP contribution < -0.4 is 0 Å². The fraction of sp³-hybridized carbons (Fsp3) is 0.556. The van der Waals surface area contributed by atoms with E-state index in [0.717, 1.165) is 30.1 Å². The molecule has 25 heavy (non-hydrogen) atoms. The van der Waals surface area contributed by atoms with Crippen molar-refractivity contribution in [3.63, 3.8) is 0 Å². The third-order valence-electron chi connectivity index (χ3n) is 4.28. The van der Waals surface area contributed by atoms with Crippen LogP contribution in [0.4, 0.5) is 9.18 Å². The topological polar surface area (TPSA) is 50.1 Å². The fourth-order valence-corrected chi connectivity index (χ4v) is 3.00. The maximum absolute atomic E-state index is 13.6. The van der Waals surface area contributed by atoms with Crippen LogP contribution >= 0.6 is 0 Å². The van der Waals surface area contributed by atoms with E-state index < -0.39 is 5.60 Å². The highest BCUT2D eigenvalue weighted by atomic mass is 19.1. The summed E-state index contributed by atoms with van der Waals surface area (Å²) in [6.45, 7) is 11.0. The molecule has 0 aliphatic carbocycles. The molecule has 0 aromatic carbocycles. The summed E-state index contributed by atoms with van der Waals surface area (Å²) in [5.41, 5.74) is 2.16. The van der Waals surface area contributed by atoms with E-state index in [1.54, 1.807) is 11.0 Å². The third kappa shape index (κ3) is 4.10. The van der Waals surface area contributed by atoms with Gasteiger partial charge in [0.25, 0.3) is 0 Å². The maximum Gasteiger partial charge on any atom is 0.410 e. The van der Waals surface area contributed by atoms with Crippen molar-refractivity contribution in [2.75, 3.05) is 26.2 Å². The summed E-state index contributed by atoms with van der Waals surface area (Å²) in [4.78, 5) is 20.6. The number of aryl methyl sites for hydroxylation is 1. The van der Waals surface area contributed by atoms with E-state index in [4.69, 9.17) is 4.74 Å². The van der Waals surface area contributed by atoms with Crippen LogP contribution in [0.5, 0.6) is 0 Å². The van der Waals surface area contributed by atoms with Crippen LogP contribution in [0.25, 0.3) is 5.65 Å². The van der Waals surface area contributed by atoms with Gasteiger partial charge in [0.15, 0.2) is 0 Å². The van der Waals surface area contributed by atoms with E-state index in [1.165, 1.54) is 12.3 Å². The van der Waals surface area contributed by atoms with Gasteiger partial charge in [-0.05, 0) is 39.8 Å². The van der Waals surface area contributed by atoms with Gasteiger partial charge in [0.05, 0.1) is 11.4 Å². The standard InChI is InChI=1S/C18H25FN4O2/c1-13-15(23-11-14(19)5-6-16(23)20-13)12-21-7-9-22(10-8-21)17(24)25-18(2,3)4/h5-6,11H,7-10,12H2,1-4H3. The number of hydrogen-bond acceptors (Lipinski definition) is 4. The van der Waals surface area contributed by atoms with Crippen molar-refractivity contribution < 1.29 is 13.9 Å². The number of fused-ring (bicyclic) bond motifs is 1. The van der Waals surface area contributed by atoms with Gasteiger partial charge in [-0.3, -0.25) is 9.30 Å². The fourth-order valence-electron chi connectivity index (χ4n) is 3.00. The van der Waals surface area contributed by atoms with Crippen molar-refractivity contribution >= 4 is 11.7 Å². The number of carbonyl (C=O) groups excluding carboxylic acids is 1. The van der Waals surface area contributed by atoms with Gasteiger partial charge in [0.1, 0.15) is 17.1 Å². The molecular formula is C18H25FN4O2. The molecule has 0 radical (unpaired) electrons. The highest BCUT2D eigenvalue weighted by Crippen LogP contribution is 2.17. The Balaban J connectivity index is 1.64. The van der Waals surface area contributed by atoms with Crippen LogP contribution in [0.3, 0.4) is 0 Å². The summed E-state index contributed by atoms with van der Waals surface area (Å²) in [5, 5.41) is 0. The van der Waals surface area contributed by atoms with Gasteiger partial charge >= 0.3 is 6.09 Å². The Labute approximate surface area is 147 Å². The zero-order chi connectivity index (χ0) is 18.2. The first-order valence-corrected chi connectivity index (χ1v) is 8.56. The van der Waals surface area contributed by atoms with Gasteiger partial charge in [-0.2, -0.15) is 0 Å². The number of halogens is 1. The molecule has 1 aliphatic heterocycles. The summed E-state index contributed by atoms with van der Waals surface area (Å²) in [7, 11) is 0. The number of aromatic nitrogens is 2. The van der Waals surface area contributed by atoms with Crippen LogP contribution in [0.1, 0.15) is 32.2 Å². The van der Waals surface area contributed by atoms with Crippen LogP contribution in [-0.4, -0.2) is 57.1 Å². The molecule has 1 fully saturated rings. The molecule has 0 atom stereocenters. The molecule has 1 amide bonds. The number of hydrogen-bond donors (Lipinski definition) is 0. The summed E-state index contributed by atoms with van der Waals surface area (Å²) in [5.74, 6) is -0.277. The SMILES string of the molecule is Cc1nc2ccc(F)cn2c1CN1CCN(C(=O)OC(C)(C)C)CC1. The average molecular weight is 348 g/mol. The first-order valence-electron chi connectivity index (χ1n) is 8.56. The minimum Gasteiger partial charge on any atom is -0.444 e. The lowest BCUT2D eigenvalue weighted by atomic mass is 10.2. The number of nitrogens with zero attached hydrogens (tertiary/aromatic N) is 4. The number of carbonyl (C=O) groups is 1. The Morgan fingerprint density at radius 1 is 1.24 bits per heavy atom. The van der Waals surface area contributed by atoms with Gasteiger partial charge < -0.3 is 9.64 Å². The molecular weight excluding hydrogens is 323 g/mol. The molecule has 1 saturated heterocycles. The van der Waals surface area contributed by atoms with Crippen LogP contribution in [-0.2, 0) is 11.3 Å². The summed E-state index contributed by atoms with van der Waals surface area (Å²) >= 11 is 0. The molecule has 136 valence electrons. The van der Waals surface area contributed by atoms with Crippen molar-refractivity contribution in [3.8, 4) is 0 Å². The molecule has 2 aromatic rings. The molecule has 1 aliphatic rings. The second kappa shape index (κ2) is 6.63. The van der Waals surface area contributed by atoms with Crippen LogP contribution in [0, 0.1) is 12.7 Å². The predicted octanol–water partition coefficient (Wildman–Crippen LogP) is 2.83. The second-order valence-corrected chi connectivity index (χ2v) is 7.46. The van der Waals surface area contributed by atoms with Crippen LogP contribution in [0.15, 0.2) is 18.3 Å². The Bertz CT molecular complexity index is 773. The molecule has 0 saturated carbocycles. The molecule has 2 aromatic heterocycles. The molecule has 6 nitrogen and oxygen atoms in total. The lowest BCUT2D eigenvalue weighted by Gasteiger charge is -2.35. The van der Waals surface area contributed by atoms with E-state index in [-0.39, 0.29) is 11.9 Å². The van der Waals surface area contributed by atoms with Gasteiger partial charge in [-0.1, -0.05) is 0 Å². The summed E-state index contributed by atoms with van der Waals surface area (Å²) < 4.78 is 20.8. The van der Waals surface area contributed by atoms with Crippen molar-refractivity contribution in [1.29, 1.82) is 0 Å². The first kappa shape index (κ1) is 17.7. The van der Waals surface area contributed by atoms with Crippen molar-refractivity contribution in [1.82, 2.24) is 19.2 Å². The third-order valence-corrected chi connectivity index (χ3v) is 4.28.